The number of halogens is 6. The SMILES string of the molecule is CN(C)/C=C(\C#N)c1nn2c(C(F)(F)F)cc(C(F)(F)F)nc2c1C#N. The van der Waals surface area contributed by atoms with E-state index in [1.165, 1.54) is 31.3 Å². The average molecular weight is 374 g/mol. The Kier molecular flexibility index (Phi) is 4.56. The van der Waals surface area contributed by atoms with Crippen molar-refractivity contribution in [3.05, 3.63) is 34.9 Å². The lowest BCUT2D eigenvalue weighted by molar-refractivity contribution is -0.148. The van der Waals surface area contributed by atoms with Gasteiger partial charge in [-0.1, -0.05) is 0 Å². The van der Waals surface area contributed by atoms with Crippen LogP contribution in [0.25, 0.3) is 11.2 Å². The zero-order valence-corrected chi connectivity index (χ0v) is 13.1. The molecule has 0 aliphatic rings. The first kappa shape index (κ1) is 19.1. The van der Waals surface area contributed by atoms with Gasteiger partial charge in [0, 0.05) is 20.3 Å². The summed E-state index contributed by atoms with van der Waals surface area (Å²) in [6.07, 6.45) is -9.20. The maximum Gasteiger partial charge on any atom is 0.433 e. The molecule has 0 fully saturated rings. The second kappa shape index (κ2) is 6.22. The highest BCUT2D eigenvalue weighted by Crippen LogP contribution is 2.36. The lowest BCUT2D eigenvalue weighted by Crippen LogP contribution is -2.18. The van der Waals surface area contributed by atoms with Crippen molar-refractivity contribution in [3.63, 3.8) is 0 Å². The Hall–Kier alpha value is -3.28. The van der Waals surface area contributed by atoms with E-state index in [1.807, 2.05) is 0 Å². The minimum absolute atomic E-state index is 0.0873. The molecule has 0 aliphatic carbocycles. The second-order valence-electron chi connectivity index (χ2n) is 5.21. The van der Waals surface area contributed by atoms with E-state index in [0.29, 0.717) is 0 Å². The number of alkyl halides is 6. The monoisotopic (exact) mass is 374 g/mol. The molecule has 0 amide bonds. The van der Waals surface area contributed by atoms with Gasteiger partial charge in [-0.05, 0) is 6.07 Å². The van der Waals surface area contributed by atoms with Crippen molar-refractivity contribution in [2.45, 2.75) is 12.4 Å². The molecule has 2 aromatic rings. The van der Waals surface area contributed by atoms with Crippen LogP contribution in [0.2, 0.25) is 0 Å². The molecule has 0 N–H and O–H groups in total. The van der Waals surface area contributed by atoms with Gasteiger partial charge < -0.3 is 4.90 Å². The molecule has 0 spiro atoms. The van der Waals surface area contributed by atoms with Crippen LogP contribution in [-0.2, 0) is 12.4 Å². The summed E-state index contributed by atoms with van der Waals surface area (Å²) in [6, 6.07) is 2.92. The van der Waals surface area contributed by atoms with Crippen molar-refractivity contribution in [1.29, 1.82) is 10.5 Å². The van der Waals surface area contributed by atoms with Gasteiger partial charge in [0.15, 0.2) is 11.3 Å². The zero-order chi connectivity index (χ0) is 19.9. The molecule has 12 heteroatoms. The number of aromatic nitrogens is 3. The van der Waals surface area contributed by atoms with Crippen molar-refractivity contribution in [2.75, 3.05) is 14.1 Å². The summed E-state index contributed by atoms with van der Waals surface area (Å²) in [4.78, 5) is 4.47. The molecule has 2 heterocycles. The van der Waals surface area contributed by atoms with E-state index in [-0.39, 0.29) is 16.2 Å². The van der Waals surface area contributed by atoms with Gasteiger partial charge in [-0.2, -0.15) is 42.0 Å². The lowest BCUT2D eigenvalue weighted by atomic mass is 10.1. The van der Waals surface area contributed by atoms with Crippen LogP contribution >= 0.6 is 0 Å². The topological polar surface area (TPSA) is 81.0 Å². The van der Waals surface area contributed by atoms with Gasteiger partial charge in [-0.15, -0.1) is 0 Å². The Morgan fingerprint density at radius 1 is 1.15 bits per heavy atom. The van der Waals surface area contributed by atoms with Crippen molar-refractivity contribution in [3.8, 4) is 12.1 Å². The number of hydrogen-bond donors (Lipinski definition) is 0. The molecular weight excluding hydrogens is 366 g/mol. The van der Waals surface area contributed by atoms with Gasteiger partial charge in [-0.25, -0.2) is 9.50 Å². The van der Waals surface area contributed by atoms with Crippen LogP contribution in [0.5, 0.6) is 0 Å². The molecule has 136 valence electrons. The van der Waals surface area contributed by atoms with Gasteiger partial charge in [-0.3, -0.25) is 0 Å². The number of hydrogen-bond acceptors (Lipinski definition) is 5. The first-order chi connectivity index (χ1) is 11.9. The Labute approximate surface area is 142 Å². The second-order valence-corrected chi connectivity index (χ2v) is 5.21. The van der Waals surface area contributed by atoms with E-state index in [1.54, 1.807) is 6.07 Å². The highest BCUT2D eigenvalue weighted by Gasteiger charge is 2.41. The van der Waals surface area contributed by atoms with Gasteiger partial charge in [0.25, 0.3) is 0 Å². The van der Waals surface area contributed by atoms with Crippen LogP contribution in [0.15, 0.2) is 12.3 Å². The third-order valence-electron chi connectivity index (χ3n) is 3.04. The van der Waals surface area contributed by atoms with Crippen LogP contribution in [-0.4, -0.2) is 33.6 Å². The zero-order valence-electron chi connectivity index (χ0n) is 13.1. The molecule has 0 saturated carbocycles. The minimum atomic E-state index is -5.20. The smallest absolute Gasteiger partial charge is 0.382 e. The van der Waals surface area contributed by atoms with Gasteiger partial charge in [0.05, 0.1) is 5.57 Å². The molecule has 0 radical (unpaired) electrons. The molecule has 0 aliphatic heterocycles. The van der Waals surface area contributed by atoms with Gasteiger partial charge in [0.2, 0.25) is 0 Å². The van der Waals surface area contributed by atoms with Crippen molar-refractivity contribution >= 4 is 11.2 Å². The standard InChI is InChI=1S/C14H8F6N6/c1-25(2)6-7(4-21)11-8(5-22)12-23-9(13(15,16)17)3-10(14(18,19)20)26(12)24-11/h3,6H,1-2H3/b7-6+. The van der Waals surface area contributed by atoms with E-state index in [4.69, 9.17) is 5.26 Å². The highest BCUT2D eigenvalue weighted by molar-refractivity contribution is 5.81. The summed E-state index contributed by atoms with van der Waals surface area (Å²) < 4.78 is 78.4. The van der Waals surface area contributed by atoms with E-state index in [9.17, 15) is 31.6 Å². The van der Waals surface area contributed by atoms with E-state index in [0.717, 1.165) is 0 Å². The molecular formula is C14H8F6N6. The third-order valence-corrected chi connectivity index (χ3v) is 3.04. The maximum absolute atomic E-state index is 13.2. The molecule has 0 saturated heterocycles. The van der Waals surface area contributed by atoms with Gasteiger partial charge in [0.1, 0.15) is 29.1 Å². The first-order valence-corrected chi connectivity index (χ1v) is 6.67. The fourth-order valence-electron chi connectivity index (χ4n) is 2.06. The van der Waals surface area contributed by atoms with Gasteiger partial charge >= 0.3 is 12.4 Å². The molecule has 6 nitrogen and oxygen atoms in total. The molecule has 0 unspecified atom stereocenters. The summed E-state index contributed by atoms with van der Waals surface area (Å²) in [7, 11) is 3.00. The number of fused-ring (bicyclic) bond motifs is 1. The maximum atomic E-state index is 13.2. The van der Waals surface area contributed by atoms with Crippen LogP contribution in [0, 0.1) is 22.7 Å². The van der Waals surface area contributed by atoms with Crippen LogP contribution in [0.3, 0.4) is 0 Å². The summed E-state index contributed by atoms with van der Waals surface area (Å²) in [5, 5.41) is 21.9. The molecule has 26 heavy (non-hydrogen) atoms. The number of nitriles is 2. The lowest BCUT2D eigenvalue weighted by Gasteiger charge is -2.12. The van der Waals surface area contributed by atoms with E-state index >= 15 is 0 Å². The minimum Gasteiger partial charge on any atom is -0.382 e. The Balaban J connectivity index is 2.98. The number of nitrogens with zero attached hydrogens (tertiary/aromatic N) is 6. The fraction of sp³-hybridized carbons (Fsp3) is 0.286. The summed E-state index contributed by atoms with van der Waals surface area (Å²) >= 11 is 0. The third kappa shape index (κ3) is 3.39. The van der Waals surface area contributed by atoms with Crippen molar-refractivity contribution < 1.29 is 26.3 Å². The summed E-state index contributed by atoms with van der Waals surface area (Å²) in [5.74, 6) is 0. The molecule has 2 rings (SSSR count). The van der Waals surface area contributed by atoms with Crippen molar-refractivity contribution in [1.82, 2.24) is 19.5 Å². The number of rotatable bonds is 2. The number of allylic oxidation sites excluding steroid dienone is 1. The van der Waals surface area contributed by atoms with Crippen LogP contribution < -0.4 is 0 Å². The summed E-state index contributed by atoms with van der Waals surface area (Å²) in [6.45, 7) is 0. The Bertz CT molecular complexity index is 967. The summed E-state index contributed by atoms with van der Waals surface area (Å²) in [5.41, 5.74) is -6.00. The van der Waals surface area contributed by atoms with Crippen LogP contribution in [0.4, 0.5) is 26.3 Å². The molecule has 0 atom stereocenters. The van der Waals surface area contributed by atoms with Crippen LogP contribution in [0.1, 0.15) is 22.6 Å². The highest BCUT2D eigenvalue weighted by atomic mass is 19.4. The normalized spacial score (nSPS) is 12.8. The molecule has 0 aromatic carbocycles. The first-order valence-electron chi connectivity index (χ1n) is 6.67. The van der Waals surface area contributed by atoms with Crippen molar-refractivity contribution in [2.24, 2.45) is 0 Å². The fourth-order valence-corrected chi connectivity index (χ4v) is 2.06. The largest absolute Gasteiger partial charge is 0.433 e. The van der Waals surface area contributed by atoms with E-state index in [2.05, 4.69) is 10.1 Å². The average Bonchev–Trinajstić information content (AvgIpc) is 2.87. The molecule has 2 aromatic heterocycles. The van der Waals surface area contributed by atoms with E-state index < -0.39 is 40.6 Å². The predicted octanol–water partition coefficient (Wildman–Crippen LogP) is 3.06. The Morgan fingerprint density at radius 2 is 1.77 bits per heavy atom. The molecule has 0 bridgehead atoms. The Morgan fingerprint density at radius 3 is 2.19 bits per heavy atom. The quantitative estimate of drug-likeness (QED) is 0.596. The predicted molar refractivity (Wildman–Crippen MR) is 75.0 cm³/mol.